The van der Waals surface area contributed by atoms with Gasteiger partial charge in [-0.1, -0.05) is 12.5 Å². The van der Waals surface area contributed by atoms with Crippen LogP contribution in [0.5, 0.6) is 0 Å². The van der Waals surface area contributed by atoms with E-state index in [1.807, 2.05) is 26.0 Å². The maximum absolute atomic E-state index is 11.6. The molecule has 0 fully saturated rings. The van der Waals surface area contributed by atoms with Gasteiger partial charge >= 0.3 is 0 Å². The minimum atomic E-state index is -0.0974. The van der Waals surface area contributed by atoms with Crippen LogP contribution in [-0.4, -0.2) is 11.6 Å². The van der Waals surface area contributed by atoms with E-state index in [-0.39, 0.29) is 11.8 Å². The van der Waals surface area contributed by atoms with Gasteiger partial charge in [0.15, 0.2) is 0 Å². The predicted octanol–water partition coefficient (Wildman–Crippen LogP) is 1.72. The molecule has 78 valence electrons. The lowest BCUT2D eigenvalue weighted by Gasteiger charge is -2.24. The van der Waals surface area contributed by atoms with Crippen LogP contribution >= 0.6 is 0 Å². The largest absolute Gasteiger partial charge is 0.399 e. The number of carbonyl (C=O) groups excluding carboxylic acids is 1. The third-order valence-electron chi connectivity index (χ3n) is 2.91. The Hall–Kier alpha value is -1.64. The lowest BCUT2D eigenvalue weighted by Crippen LogP contribution is -2.25. The number of nitrogens with two attached hydrogens (primary N) is 1. The molecule has 1 aliphatic heterocycles. The third kappa shape index (κ3) is 1.54. The van der Waals surface area contributed by atoms with Gasteiger partial charge in [-0.3, -0.25) is 4.79 Å². The van der Waals surface area contributed by atoms with E-state index in [9.17, 15) is 4.79 Å². The molecule has 0 aromatic rings. The highest BCUT2D eigenvalue weighted by Crippen LogP contribution is 2.29. The van der Waals surface area contributed by atoms with E-state index in [0.29, 0.717) is 0 Å². The van der Waals surface area contributed by atoms with E-state index in [1.54, 1.807) is 6.08 Å². The Morgan fingerprint density at radius 3 is 2.87 bits per heavy atom. The molecule has 1 heterocycles. The second kappa shape index (κ2) is 3.50. The molecular weight excluding hydrogens is 188 g/mol. The average Bonchev–Trinajstić information content (AvgIpc) is 2.20. The Morgan fingerprint density at radius 1 is 1.47 bits per heavy atom. The maximum atomic E-state index is 11.6. The highest BCUT2D eigenvalue weighted by molar-refractivity contribution is 6.14. The topological polar surface area (TPSA) is 55.4 Å². The molecule has 0 saturated heterocycles. The first-order chi connectivity index (χ1) is 7.13. The number of hydrogen-bond donors (Lipinski definition) is 1. The zero-order valence-corrected chi connectivity index (χ0v) is 8.95. The smallest absolute Gasteiger partial charge is 0.273 e. The molecule has 0 saturated carbocycles. The molecule has 0 spiro atoms. The van der Waals surface area contributed by atoms with Crippen LogP contribution in [0.25, 0.3) is 0 Å². The molecule has 1 atom stereocenters. The van der Waals surface area contributed by atoms with E-state index in [1.165, 1.54) is 0 Å². The summed E-state index contributed by atoms with van der Waals surface area (Å²) in [5.41, 5.74) is 9.19. The number of fused-ring (bicyclic) bond motifs is 1. The summed E-state index contributed by atoms with van der Waals surface area (Å²) in [5.74, 6) is 0.00224. The Labute approximate surface area is 89.1 Å². The lowest BCUT2D eigenvalue weighted by molar-refractivity contribution is -0.114. The van der Waals surface area contributed by atoms with Crippen LogP contribution in [0.2, 0.25) is 0 Å². The number of rotatable bonds is 1. The Balaban J connectivity index is 2.48. The fourth-order valence-electron chi connectivity index (χ4n) is 2.04. The summed E-state index contributed by atoms with van der Waals surface area (Å²) in [6, 6.07) is 0. The summed E-state index contributed by atoms with van der Waals surface area (Å²) in [6.45, 7) is 3.96. The molecule has 2 rings (SSSR count). The second-order valence-corrected chi connectivity index (χ2v) is 3.83. The van der Waals surface area contributed by atoms with E-state index >= 15 is 0 Å². The molecule has 3 heteroatoms. The number of nitrogens with zero attached hydrogens (tertiary/aromatic N) is 1. The lowest BCUT2D eigenvalue weighted by atomic mass is 9.84. The van der Waals surface area contributed by atoms with Crippen LogP contribution in [0.4, 0.5) is 0 Å². The summed E-state index contributed by atoms with van der Waals surface area (Å²) < 4.78 is 0. The predicted molar refractivity (Wildman–Crippen MR) is 60.3 cm³/mol. The van der Waals surface area contributed by atoms with Gasteiger partial charge in [0.1, 0.15) is 0 Å². The van der Waals surface area contributed by atoms with Crippen molar-refractivity contribution in [3.05, 3.63) is 35.1 Å². The molecule has 1 unspecified atom stereocenters. The van der Waals surface area contributed by atoms with Gasteiger partial charge < -0.3 is 5.73 Å². The van der Waals surface area contributed by atoms with Gasteiger partial charge in [-0.05, 0) is 31.6 Å². The first-order valence-corrected chi connectivity index (χ1v) is 5.11. The standard InChI is InChI=1S/C12H14N2O/c1-3-9-7(2)10-6-8(13)4-5-11(10)14-12(9)15/h4-6,10H,3,13H2,1-2H3. The van der Waals surface area contributed by atoms with Crippen molar-refractivity contribution in [2.24, 2.45) is 16.6 Å². The summed E-state index contributed by atoms with van der Waals surface area (Å²) in [4.78, 5) is 15.7. The highest BCUT2D eigenvalue weighted by atomic mass is 16.1. The second-order valence-electron chi connectivity index (χ2n) is 3.83. The number of carbonyl (C=O) groups is 1. The van der Waals surface area contributed by atoms with E-state index in [2.05, 4.69) is 4.99 Å². The van der Waals surface area contributed by atoms with Crippen molar-refractivity contribution in [1.82, 2.24) is 0 Å². The summed E-state index contributed by atoms with van der Waals surface area (Å²) in [6.07, 6.45) is 6.30. The molecule has 0 aromatic carbocycles. The molecular formula is C12H14N2O. The molecule has 0 aromatic heterocycles. The summed E-state index contributed by atoms with van der Waals surface area (Å²) in [5, 5.41) is 0. The number of amides is 1. The Kier molecular flexibility index (Phi) is 2.31. The van der Waals surface area contributed by atoms with Crippen LogP contribution in [-0.2, 0) is 4.79 Å². The summed E-state index contributed by atoms with van der Waals surface area (Å²) in [7, 11) is 0. The van der Waals surface area contributed by atoms with Gasteiger partial charge in [0.05, 0.1) is 5.71 Å². The average molecular weight is 202 g/mol. The summed E-state index contributed by atoms with van der Waals surface area (Å²) >= 11 is 0. The van der Waals surface area contributed by atoms with Crippen molar-refractivity contribution in [3.8, 4) is 0 Å². The van der Waals surface area contributed by atoms with Gasteiger partial charge in [0, 0.05) is 17.2 Å². The molecule has 15 heavy (non-hydrogen) atoms. The quantitative estimate of drug-likeness (QED) is 0.704. The SMILES string of the molecule is CCC1=C(C)C2C=C(N)C=CC2=NC1=O. The van der Waals surface area contributed by atoms with Crippen molar-refractivity contribution in [1.29, 1.82) is 0 Å². The molecule has 1 aliphatic carbocycles. The van der Waals surface area contributed by atoms with Crippen LogP contribution in [0.15, 0.2) is 40.1 Å². The first kappa shape index (κ1) is 9.90. The van der Waals surface area contributed by atoms with Gasteiger partial charge in [-0.2, -0.15) is 0 Å². The minimum absolute atomic E-state index is 0.0974. The molecule has 0 bridgehead atoms. The van der Waals surface area contributed by atoms with Gasteiger partial charge in [0.2, 0.25) is 0 Å². The number of hydrogen-bond acceptors (Lipinski definition) is 2. The van der Waals surface area contributed by atoms with Crippen molar-refractivity contribution >= 4 is 11.6 Å². The number of dihydropyridines is 1. The van der Waals surface area contributed by atoms with E-state index < -0.39 is 0 Å². The fraction of sp³-hybridized carbons (Fsp3) is 0.333. The minimum Gasteiger partial charge on any atom is -0.399 e. The van der Waals surface area contributed by atoms with Crippen molar-refractivity contribution < 1.29 is 4.79 Å². The third-order valence-corrected chi connectivity index (χ3v) is 2.91. The van der Waals surface area contributed by atoms with Crippen molar-refractivity contribution in [3.63, 3.8) is 0 Å². The van der Waals surface area contributed by atoms with Gasteiger partial charge in [-0.25, -0.2) is 4.99 Å². The van der Waals surface area contributed by atoms with Crippen LogP contribution < -0.4 is 5.73 Å². The molecule has 2 aliphatic rings. The van der Waals surface area contributed by atoms with E-state index in [4.69, 9.17) is 5.73 Å². The fourth-order valence-corrected chi connectivity index (χ4v) is 2.04. The van der Waals surface area contributed by atoms with Gasteiger partial charge in [-0.15, -0.1) is 0 Å². The van der Waals surface area contributed by atoms with Crippen LogP contribution in [0.3, 0.4) is 0 Å². The van der Waals surface area contributed by atoms with E-state index in [0.717, 1.165) is 29.0 Å². The molecule has 0 radical (unpaired) electrons. The first-order valence-electron chi connectivity index (χ1n) is 5.11. The zero-order valence-electron chi connectivity index (χ0n) is 8.95. The normalized spacial score (nSPS) is 24.9. The van der Waals surface area contributed by atoms with Crippen LogP contribution in [0, 0.1) is 5.92 Å². The van der Waals surface area contributed by atoms with Gasteiger partial charge in [0.25, 0.3) is 5.91 Å². The number of allylic oxidation sites excluding steroid dienone is 4. The number of aliphatic imine (C=N–C) groups is 1. The monoisotopic (exact) mass is 202 g/mol. The van der Waals surface area contributed by atoms with Crippen molar-refractivity contribution in [2.45, 2.75) is 20.3 Å². The molecule has 2 N–H and O–H groups in total. The maximum Gasteiger partial charge on any atom is 0.273 e. The molecule has 1 amide bonds. The molecule has 3 nitrogen and oxygen atoms in total. The van der Waals surface area contributed by atoms with Crippen molar-refractivity contribution in [2.75, 3.05) is 0 Å². The zero-order chi connectivity index (χ0) is 11.0. The Morgan fingerprint density at radius 2 is 2.20 bits per heavy atom. The van der Waals surface area contributed by atoms with Crippen LogP contribution in [0.1, 0.15) is 20.3 Å². The highest BCUT2D eigenvalue weighted by Gasteiger charge is 2.26. The Bertz CT molecular complexity index is 439.